The van der Waals surface area contributed by atoms with Crippen molar-refractivity contribution >= 4 is 0 Å². The lowest BCUT2D eigenvalue weighted by atomic mass is 10.4. The van der Waals surface area contributed by atoms with Gasteiger partial charge in [0.2, 0.25) is 0 Å². The van der Waals surface area contributed by atoms with Crippen molar-refractivity contribution in [1.82, 2.24) is 5.01 Å². The maximum atomic E-state index is 3.81. The molecular formula is C4H9N3. The Morgan fingerprint density at radius 3 is 2.71 bits per heavy atom. The first-order valence-electron chi connectivity index (χ1n) is 2.48. The Bertz CT molecular complexity index is 79.0. The highest BCUT2D eigenvalue weighted by atomic mass is 15.5. The van der Waals surface area contributed by atoms with E-state index >= 15 is 0 Å². The van der Waals surface area contributed by atoms with Crippen molar-refractivity contribution < 1.29 is 0 Å². The first-order chi connectivity index (χ1) is 3.39. The van der Waals surface area contributed by atoms with Gasteiger partial charge in [-0.2, -0.15) is 5.11 Å². The highest BCUT2D eigenvalue weighted by Crippen LogP contribution is 1.96. The van der Waals surface area contributed by atoms with Gasteiger partial charge >= 0.3 is 0 Å². The fourth-order valence-electron chi connectivity index (χ4n) is 0.568. The van der Waals surface area contributed by atoms with Gasteiger partial charge in [-0.25, -0.2) is 0 Å². The van der Waals surface area contributed by atoms with Crippen molar-refractivity contribution in [2.75, 3.05) is 20.1 Å². The first-order valence-corrected chi connectivity index (χ1v) is 2.48. The molecule has 1 heterocycles. The molecule has 3 heteroatoms. The Kier molecular flexibility index (Phi) is 1.24. The summed E-state index contributed by atoms with van der Waals surface area (Å²) in [7, 11) is 1.93. The average Bonchev–Trinajstić information content (AvgIpc) is 1.69. The van der Waals surface area contributed by atoms with Gasteiger partial charge in [0.25, 0.3) is 0 Å². The molecule has 0 radical (unpaired) electrons. The van der Waals surface area contributed by atoms with E-state index in [1.54, 1.807) is 0 Å². The largest absolute Gasteiger partial charge is 0.282 e. The van der Waals surface area contributed by atoms with E-state index in [4.69, 9.17) is 0 Å². The number of hydrogen-bond donors (Lipinski definition) is 0. The quantitative estimate of drug-likeness (QED) is 0.439. The van der Waals surface area contributed by atoms with Gasteiger partial charge in [-0.3, -0.25) is 5.01 Å². The third kappa shape index (κ3) is 1.14. The molecule has 40 valence electrons. The highest BCUT2D eigenvalue weighted by Gasteiger charge is 1.96. The van der Waals surface area contributed by atoms with Crippen LogP contribution in [0.5, 0.6) is 0 Å². The molecule has 0 N–H and O–H groups in total. The predicted molar refractivity (Wildman–Crippen MR) is 27.0 cm³/mol. The van der Waals surface area contributed by atoms with Crippen molar-refractivity contribution in [3.8, 4) is 0 Å². The van der Waals surface area contributed by atoms with Gasteiger partial charge in [0.05, 0.1) is 6.54 Å². The second kappa shape index (κ2) is 1.91. The molecule has 0 atom stereocenters. The molecule has 0 unspecified atom stereocenters. The predicted octanol–water partition coefficient (Wildman–Crippen LogP) is 0.689. The topological polar surface area (TPSA) is 28.0 Å². The van der Waals surface area contributed by atoms with E-state index in [0.717, 1.165) is 19.5 Å². The third-order valence-corrected chi connectivity index (χ3v) is 0.956. The highest BCUT2D eigenvalue weighted by molar-refractivity contribution is 4.50. The van der Waals surface area contributed by atoms with Gasteiger partial charge in [0.15, 0.2) is 0 Å². The Balaban J connectivity index is 2.36. The van der Waals surface area contributed by atoms with E-state index in [0.29, 0.717) is 0 Å². The maximum Gasteiger partial charge on any atom is 0.0637 e. The van der Waals surface area contributed by atoms with E-state index in [1.807, 2.05) is 12.1 Å². The summed E-state index contributed by atoms with van der Waals surface area (Å²) < 4.78 is 0. The zero-order chi connectivity index (χ0) is 5.11. The minimum atomic E-state index is 0.907. The summed E-state index contributed by atoms with van der Waals surface area (Å²) in [6, 6.07) is 0. The molecule has 7 heavy (non-hydrogen) atoms. The van der Waals surface area contributed by atoms with Crippen LogP contribution in [0.15, 0.2) is 10.3 Å². The SMILES string of the molecule is CN1CCCN=N1. The molecule has 0 amide bonds. The Labute approximate surface area is 43.0 Å². The molecular weight excluding hydrogens is 90.1 g/mol. The molecule has 1 aliphatic heterocycles. The van der Waals surface area contributed by atoms with E-state index in [2.05, 4.69) is 10.3 Å². The normalized spacial score (nSPS) is 20.4. The van der Waals surface area contributed by atoms with Gasteiger partial charge in [-0.05, 0) is 6.42 Å². The number of hydrogen-bond acceptors (Lipinski definition) is 3. The van der Waals surface area contributed by atoms with Crippen molar-refractivity contribution in [3.63, 3.8) is 0 Å². The number of rotatable bonds is 0. The molecule has 0 fully saturated rings. The second-order valence-corrected chi connectivity index (χ2v) is 1.69. The maximum absolute atomic E-state index is 3.81. The molecule has 0 bridgehead atoms. The van der Waals surface area contributed by atoms with E-state index in [-0.39, 0.29) is 0 Å². The van der Waals surface area contributed by atoms with Crippen molar-refractivity contribution in [3.05, 3.63) is 0 Å². The summed E-state index contributed by atoms with van der Waals surface area (Å²) >= 11 is 0. The van der Waals surface area contributed by atoms with Crippen LogP contribution in [0, 0.1) is 0 Å². The summed E-state index contributed by atoms with van der Waals surface area (Å²) in [5.74, 6) is 0. The summed E-state index contributed by atoms with van der Waals surface area (Å²) in [5, 5.41) is 9.45. The van der Waals surface area contributed by atoms with Crippen LogP contribution in [0.25, 0.3) is 0 Å². The molecule has 1 aliphatic rings. The molecule has 0 aromatic rings. The van der Waals surface area contributed by atoms with Crippen LogP contribution in [-0.2, 0) is 0 Å². The minimum absolute atomic E-state index is 0.907. The molecule has 0 saturated heterocycles. The van der Waals surface area contributed by atoms with Crippen LogP contribution < -0.4 is 0 Å². The standard InChI is InChI=1S/C4H9N3/c1-7-4-2-3-5-6-7/h2-4H2,1H3. The van der Waals surface area contributed by atoms with Crippen molar-refractivity contribution in [2.45, 2.75) is 6.42 Å². The molecule has 0 aromatic carbocycles. The fourth-order valence-corrected chi connectivity index (χ4v) is 0.568. The van der Waals surface area contributed by atoms with E-state index < -0.39 is 0 Å². The summed E-state index contributed by atoms with van der Waals surface area (Å²) in [5.41, 5.74) is 0. The summed E-state index contributed by atoms with van der Waals surface area (Å²) in [6.07, 6.45) is 1.15. The van der Waals surface area contributed by atoms with Gasteiger partial charge in [-0.1, -0.05) is 5.22 Å². The van der Waals surface area contributed by atoms with Crippen LogP contribution in [0.1, 0.15) is 6.42 Å². The van der Waals surface area contributed by atoms with Crippen molar-refractivity contribution in [1.29, 1.82) is 0 Å². The van der Waals surface area contributed by atoms with Crippen LogP contribution >= 0.6 is 0 Å². The Hall–Kier alpha value is -0.600. The molecule has 3 nitrogen and oxygen atoms in total. The van der Waals surface area contributed by atoms with Crippen molar-refractivity contribution in [2.24, 2.45) is 10.3 Å². The fraction of sp³-hybridized carbons (Fsp3) is 1.00. The molecule has 0 aliphatic carbocycles. The average molecular weight is 99.1 g/mol. The first kappa shape index (κ1) is 4.56. The molecule has 1 rings (SSSR count). The van der Waals surface area contributed by atoms with Crippen LogP contribution in [0.2, 0.25) is 0 Å². The lowest BCUT2D eigenvalue weighted by Crippen LogP contribution is -2.16. The Morgan fingerprint density at radius 2 is 2.43 bits per heavy atom. The molecule has 0 spiro atoms. The minimum Gasteiger partial charge on any atom is -0.282 e. The third-order valence-electron chi connectivity index (χ3n) is 0.956. The monoisotopic (exact) mass is 99.1 g/mol. The zero-order valence-corrected chi connectivity index (χ0v) is 4.46. The van der Waals surface area contributed by atoms with Crippen LogP contribution in [0.3, 0.4) is 0 Å². The van der Waals surface area contributed by atoms with Crippen LogP contribution in [0.4, 0.5) is 0 Å². The van der Waals surface area contributed by atoms with Gasteiger partial charge in [0.1, 0.15) is 0 Å². The summed E-state index contributed by atoms with van der Waals surface area (Å²) in [4.78, 5) is 0. The second-order valence-electron chi connectivity index (χ2n) is 1.69. The Morgan fingerprint density at radius 1 is 1.57 bits per heavy atom. The van der Waals surface area contributed by atoms with Gasteiger partial charge in [0, 0.05) is 13.6 Å². The lowest BCUT2D eigenvalue weighted by molar-refractivity contribution is 0.294. The van der Waals surface area contributed by atoms with Crippen LogP contribution in [-0.4, -0.2) is 25.1 Å². The van der Waals surface area contributed by atoms with E-state index in [1.165, 1.54) is 0 Å². The summed E-state index contributed by atoms with van der Waals surface area (Å²) in [6.45, 7) is 1.97. The van der Waals surface area contributed by atoms with Gasteiger partial charge in [-0.15, -0.1) is 0 Å². The number of nitrogens with zero attached hydrogens (tertiary/aromatic N) is 3. The zero-order valence-electron chi connectivity index (χ0n) is 4.46. The molecule has 0 aromatic heterocycles. The van der Waals surface area contributed by atoms with E-state index in [9.17, 15) is 0 Å². The van der Waals surface area contributed by atoms with Gasteiger partial charge < -0.3 is 0 Å². The molecule has 0 saturated carbocycles. The lowest BCUT2D eigenvalue weighted by Gasteiger charge is -2.13. The smallest absolute Gasteiger partial charge is 0.0637 e.